The molecule has 3 rings (SSSR count). The Kier molecular flexibility index (Phi) is 5.02. The van der Waals surface area contributed by atoms with E-state index in [4.69, 9.17) is 9.15 Å². The highest BCUT2D eigenvalue weighted by atomic mass is 16.5. The number of phenolic OH excluding ortho intramolecular Hbond substituents is 1. The Hall–Kier alpha value is -3.55. The average molecular weight is 354 g/mol. The molecule has 0 spiro atoms. The fourth-order valence-corrected chi connectivity index (χ4v) is 2.37. The molecule has 1 amide bonds. The maximum absolute atomic E-state index is 12.5. The molecule has 0 unspecified atom stereocenters. The number of nitrogens with one attached hydrogen (secondary N) is 1. The molecular formula is C18H18N4O4. The monoisotopic (exact) mass is 354 g/mol. The van der Waals surface area contributed by atoms with Crippen LogP contribution in [0.4, 0.5) is 5.69 Å². The van der Waals surface area contributed by atoms with Crippen molar-refractivity contribution in [1.82, 2.24) is 15.1 Å². The van der Waals surface area contributed by atoms with Gasteiger partial charge in [-0.3, -0.25) is 14.5 Å². The van der Waals surface area contributed by atoms with Crippen molar-refractivity contribution in [2.24, 2.45) is 12.0 Å². The van der Waals surface area contributed by atoms with Crippen LogP contribution >= 0.6 is 0 Å². The highest BCUT2D eigenvalue weighted by molar-refractivity contribution is 5.98. The number of benzene rings is 1. The molecule has 1 aromatic carbocycles. The van der Waals surface area contributed by atoms with Crippen LogP contribution in [-0.4, -0.2) is 34.1 Å². The third-order valence-corrected chi connectivity index (χ3v) is 3.69. The van der Waals surface area contributed by atoms with E-state index in [0.717, 1.165) is 0 Å². The summed E-state index contributed by atoms with van der Waals surface area (Å²) >= 11 is 0. The Labute approximate surface area is 149 Å². The number of rotatable bonds is 6. The van der Waals surface area contributed by atoms with Gasteiger partial charge in [-0.15, -0.1) is 0 Å². The molecule has 0 atom stereocenters. The van der Waals surface area contributed by atoms with Gasteiger partial charge < -0.3 is 19.6 Å². The van der Waals surface area contributed by atoms with Crippen LogP contribution in [0.3, 0.4) is 0 Å². The standard InChI is InChI=1S/C18H18N4O4/c1-22-17(18(24)20-10-13-4-3-7-26-13)14(11-21-22)19-9-12-5-6-15(23)16(8-12)25-2/h3-9,11,23H,10H2,1-2H3,(H,20,24). The number of aromatic nitrogens is 2. The van der Waals surface area contributed by atoms with E-state index in [2.05, 4.69) is 15.4 Å². The number of aliphatic imine (C=N–C) groups is 1. The first-order chi connectivity index (χ1) is 12.6. The molecule has 0 bridgehead atoms. The number of hydrogen-bond acceptors (Lipinski definition) is 6. The molecule has 134 valence electrons. The molecule has 0 saturated heterocycles. The number of carbonyl (C=O) groups excluding carboxylic acids is 1. The zero-order valence-corrected chi connectivity index (χ0v) is 14.3. The Morgan fingerprint density at radius 3 is 3.04 bits per heavy atom. The van der Waals surface area contributed by atoms with Crippen LogP contribution in [0.15, 0.2) is 52.2 Å². The summed E-state index contributed by atoms with van der Waals surface area (Å²) in [6.07, 6.45) is 4.63. The summed E-state index contributed by atoms with van der Waals surface area (Å²) in [7, 11) is 3.14. The maximum Gasteiger partial charge on any atom is 0.272 e. The smallest absolute Gasteiger partial charge is 0.272 e. The van der Waals surface area contributed by atoms with Gasteiger partial charge >= 0.3 is 0 Å². The molecule has 0 saturated carbocycles. The first-order valence-electron chi connectivity index (χ1n) is 7.82. The van der Waals surface area contributed by atoms with E-state index in [0.29, 0.717) is 28.5 Å². The number of aryl methyl sites for hydroxylation is 1. The highest BCUT2D eigenvalue weighted by Gasteiger charge is 2.16. The van der Waals surface area contributed by atoms with E-state index in [1.54, 1.807) is 43.8 Å². The number of carbonyl (C=O) groups is 1. The first-order valence-corrected chi connectivity index (χ1v) is 7.82. The molecule has 3 aromatic rings. The van der Waals surface area contributed by atoms with E-state index < -0.39 is 0 Å². The molecule has 2 heterocycles. The van der Waals surface area contributed by atoms with Crippen molar-refractivity contribution in [3.8, 4) is 11.5 Å². The second-order valence-corrected chi connectivity index (χ2v) is 5.45. The predicted molar refractivity (Wildman–Crippen MR) is 95.0 cm³/mol. The van der Waals surface area contributed by atoms with Gasteiger partial charge in [0, 0.05) is 13.3 Å². The molecule has 2 N–H and O–H groups in total. The summed E-state index contributed by atoms with van der Waals surface area (Å²) < 4.78 is 11.7. The second-order valence-electron chi connectivity index (χ2n) is 5.45. The van der Waals surface area contributed by atoms with E-state index in [1.807, 2.05) is 0 Å². The summed E-state index contributed by atoms with van der Waals surface area (Å²) in [5, 5.41) is 16.5. The summed E-state index contributed by atoms with van der Waals surface area (Å²) in [6, 6.07) is 8.38. The van der Waals surface area contributed by atoms with E-state index in [1.165, 1.54) is 24.1 Å². The summed E-state index contributed by atoms with van der Waals surface area (Å²) in [6.45, 7) is 0.273. The van der Waals surface area contributed by atoms with Gasteiger partial charge in [0.2, 0.25) is 0 Å². The number of phenols is 1. The molecule has 8 heteroatoms. The fourth-order valence-electron chi connectivity index (χ4n) is 2.37. The van der Waals surface area contributed by atoms with Crippen molar-refractivity contribution in [2.75, 3.05) is 7.11 Å². The topological polar surface area (TPSA) is 102 Å². The van der Waals surface area contributed by atoms with Crippen molar-refractivity contribution >= 4 is 17.8 Å². The lowest BCUT2D eigenvalue weighted by Gasteiger charge is -2.05. The van der Waals surface area contributed by atoms with Gasteiger partial charge in [-0.2, -0.15) is 5.10 Å². The average Bonchev–Trinajstić information content (AvgIpc) is 3.28. The highest BCUT2D eigenvalue weighted by Crippen LogP contribution is 2.26. The largest absolute Gasteiger partial charge is 0.504 e. The van der Waals surface area contributed by atoms with Crippen molar-refractivity contribution in [3.63, 3.8) is 0 Å². The van der Waals surface area contributed by atoms with Crippen LogP contribution in [0.1, 0.15) is 21.8 Å². The third kappa shape index (κ3) is 3.75. The van der Waals surface area contributed by atoms with Gasteiger partial charge in [-0.05, 0) is 35.9 Å². The normalized spacial score (nSPS) is 11.0. The number of hydrogen-bond donors (Lipinski definition) is 2. The van der Waals surface area contributed by atoms with Crippen LogP contribution in [-0.2, 0) is 13.6 Å². The number of ether oxygens (including phenoxy) is 1. The van der Waals surface area contributed by atoms with E-state index >= 15 is 0 Å². The molecule has 0 aliphatic carbocycles. The van der Waals surface area contributed by atoms with Crippen LogP contribution in [0.2, 0.25) is 0 Å². The molecular weight excluding hydrogens is 336 g/mol. The van der Waals surface area contributed by atoms with Gasteiger partial charge in [0.25, 0.3) is 5.91 Å². The van der Waals surface area contributed by atoms with Crippen molar-refractivity contribution in [1.29, 1.82) is 0 Å². The summed E-state index contributed by atoms with van der Waals surface area (Å²) in [5.74, 6) is 0.735. The van der Waals surface area contributed by atoms with E-state index in [9.17, 15) is 9.90 Å². The summed E-state index contributed by atoms with van der Waals surface area (Å²) in [5.41, 5.74) is 1.47. The summed E-state index contributed by atoms with van der Waals surface area (Å²) in [4.78, 5) is 16.8. The predicted octanol–water partition coefficient (Wildman–Crippen LogP) is 2.41. The zero-order chi connectivity index (χ0) is 18.5. The van der Waals surface area contributed by atoms with Gasteiger partial charge in [-0.25, -0.2) is 0 Å². The molecule has 0 radical (unpaired) electrons. The molecule has 2 aromatic heterocycles. The van der Waals surface area contributed by atoms with Gasteiger partial charge in [0.15, 0.2) is 17.2 Å². The molecule has 0 fully saturated rings. The van der Waals surface area contributed by atoms with Crippen LogP contribution in [0.5, 0.6) is 11.5 Å². The number of nitrogens with zero attached hydrogens (tertiary/aromatic N) is 3. The number of aromatic hydroxyl groups is 1. The minimum atomic E-state index is -0.308. The number of amides is 1. The van der Waals surface area contributed by atoms with Crippen LogP contribution in [0.25, 0.3) is 0 Å². The Morgan fingerprint density at radius 2 is 2.31 bits per heavy atom. The first kappa shape index (κ1) is 17.3. The van der Waals surface area contributed by atoms with Crippen molar-refractivity contribution in [2.45, 2.75) is 6.54 Å². The molecule has 8 nitrogen and oxygen atoms in total. The van der Waals surface area contributed by atoms with Gasteiger partial charge in [0.1, 0.15) is 11.4 Å². The van der Waals surface area contributed by atoms with E-state index in [-0.39, 0.29) is 18.2 Å². The minimum absolute atomic E-state index is 0.0454. The maximum atomic E-state index is 12.5. The van der Waals surface area contributed by atoms with Crippen molar-refractivity contribution < 1.29 is 19.1 Å². The Balaban J connectivity index is 1.77. The van der Waals surface area contributed by atoms with Crippen LogP contribution < -0.4 is 10.1 Å². The third-order valence-electron chi connectivity index (χ3n) is 3.69. The van der Waals surface area contributed by atoms with Gasteiger partial charge in [0.05, 0.1) is 26.1 Å². The Bertz CT molecular complexity index is 929. The minimum Gasteiger partial charge on any atom is -0.504 e. The van der Waals surface area contributed by atoms with Crippen molar-refractivity contribution in [3.05, 3.63) is 59.8 Å². The SMILES string of the molecule is COc1cc(C=Nc2cnn(C)c2C(=O)NCc2ccco2)ccc1O. The molecule has 0 aliphatic heterocycles. The quantitative estimate of drug-likeness (QED) is 0.662. The van der Waals surface area contributed by atoms with Gasteiger partial charge in [-0.1, -0.05) is 0 Å². The molecule has 0 aliphatic rings. The zero-order valence-electron chi connectivity index (χ0n) is 14.3. The lowest BCUT2D eigenvalue weighted by atomic mass is 10.2. The fraction of sp³-hybridized carbons (Fsp3) is 0.167. The van der Waals surface area contributed by atoms with Crippen LogP contribution in [0, 0.1) is 0 Å². The Morgan fingerprint density at radius 1 is 1.46 bits per heavy atom. The number of furan rings is 1. The number of methoxy groups -OCH3 is 1. The molecule has 26 heavy (non-hydrogen) atoms. The second kappa shape index (κ2) is 7.56. The lowest BCUT2D eigenvalue weighted by molar-refractivity contribution is 0.0939. The lowest BCUT2D eigenvalue weighted by Crippen LogP contribution is -2.25.